The molecule has 0 aliphatic rings. The first-order valence-electron chi connectivity index (χ1n) is 7.69. The zero-order chi connectivity index (χ0) is 17.4. The van der Waals surface area contributed by atoms with Crippen molar-refractivity contribution in [2.45, 2.75) is 26.8 Å². The molecule has 2 aromatic rings. The minimum Gasteiger partial charge on any atom is -0.357 e. The van der Waals surface area contributed by atoms with Crippen LogP contribution in [0.4, 0.5) is 0 Å². The molecular formula is C17H21N5O2. The number of hydrogen-bond donors (Lipinski definition) is 3. The normalized spacial score (nSPS) is 13.5. The van der Waals surface area contributed by atoms with E-state index in [0.717, 1.165) is 22.7 Å². The van der Waals surface area contributed by atoms with Gasteiger partial charge in [-0.05, 0) is 30.7 Å². The predicted octanol–water partition coefficient (Wildman–Crippen LogP) is 0.720. The number of aromatic amines is 1. The molecule has 24 heavy (non-hydrogen) atoms. The third-order valence-corrected chi connectivity index (χ3v) is 3.28. The summed E-state index contributed by atoms with van der Waals surface area (Å²) < 4.78 is 1.67. The highest BCUT2D eigenvalue weighted by Crippen LogP contribution is 1.99. The van der Waals surface area contributed by atoms with Gasteiger partial charge in [-0.2, -0.15) is 0 Å². The molecule has 0 unspecified atom stereocenters. The van der Waals surface area contributed by atoms with E-state index in [1.165, 1.54) is 17.6 Å². The van der Waals surface area contributed by atoms with Gasteiger partial charge in [0, 0.05) is 17.1 Å². The van der Waals surface area contributed by atoms with Gasteiger partial charge in [0.05, 0.1) is 12.7 Å². The number of aromatic nitrogens is 4. The molecule has 126 valence electrons. The average molecular weight is 327 g/mol. The van der Waals surface area contributed by atoms with Crippen molar-refractivity contribution in [3.63, 3.8) is 0 Å². The molecule has 2 aromatic heterocycles. The number of hydrogen-bond acceptors (Lipinski definition) is 4. The fraction of sp³-hybridized carbons (Fsp3) is 0.235. The minimum atomic E-state index is -0.614. The van der Waals surface area contributed by atoms with Crippen LogP contribution < -0.4 is 16.0 Å². The first-order chi connectivity index (χ1) is 11.7. The number of hydroxylamine groups is 1. The topological polar surface area (TPSA) is 95.8 Å². The fourth-order valence-electron chi connectivity index (χ4n) is 2.16. The molecule has 0 fully saturated rings. The van der Waals surface area contributed by atoms with E-state index < -0.39 is 5.91 Å². The molecule has 1 amide bonds. The van der Waals surface area contributed by atoms with Crippen LogP contribution in [0.1, 0.15) is 31.7 Å². The predicted molar refractivity (Wildman–Crippen MR) is 92.2 cm³/mol. The fourth-order valence-corrected chi connectivity index (χ4v) is 2.16. The van der Waals surface area contributed by atoms with Crippen LogP contribution >= 0.6 is 0 Å². The molecule has 0 radical (unpaired) electrons. The Morgan fingerprint density at radius 3 is 3.04 bits per heavy atom. The van der Waals surface area contributed by atoms with Gasteiger partial charge >= 0.3 is 0 Å². The Balaban J connectivity index is 2.16. The lowest BCUT2D eigenvalue weighted by atomic mass is 10.3. The SMILES string of the molecule is CC=c1[nH]c(Cn2cc(C=CC(=O)NO)nn2)cc1=CC=CCC. The number of nitrogens with zero attached hydrogens (tertiary/aromatic N) is 3. The van der Waals surface area contributed by atoms with Gasteiger partial charge in [-0.3, -0.25) is 10.0 Å². The number of H-pyrrole nitrogens is 1. The van der Waals surface area contributed by atoms with E-state index in [1.807, 2.05) is 19.1 Å². The van der Waals surface area contributed by atoms with Crippen LogP contribution in [-0.4, -0.2) is 31.1 Å². The van der Waals surface area contributed by atoms with Crippen LogP contribution in [0.2, 0.25) is 0 Å². The van der Waals surface area contributed by atoms with Crippen molar-refractivity contribution in [1.29, 1.82) is 0 Å². The molecule has 0 aliphatic heterocycles. The molecule has 7 nitrogen and oxygen atoms in total. The summed E-state index contributed by atoms with van der Waals surface area (Å²) in [6, 6.07) is 2.08. The summed E-state index contributed by atoms with van der Waals surface area (Å²) >= 11 is 0. The van der Waals surface area contributed by atoms with Gasteiger partial charge in [-0.15, -0.1) is 5.10 Å². The first kappa shape index (κ1) is 17.4. The van der Waals surface area contributed by atoms with Gasteiger partial charge in [0.25, 0.3) is 5.91 Å². The summed E-state index contributed by atoms with van der Waals surface area (Å²) in [7, 11) is 0. The van der Waals surface area contributed by atoms with Gasteiger partial charge in [-0.1, -0.05) is 36.4 Å². The molecule has 0 bridgehead atoms. The second kappa shape index (κ2) is 8.64. The Labute approximate surface area is 139 Å². The molecule has 7 heteroatoms. The van der Waals surface area contributed by atoms with E-state index in [2.05, 4.69) is 40.4 Å². The number of carbonyl (C=O) groups excluding carboxylic acids is 1. The lowest BCUT2D eigenvalue weighted by Crippen LogP contribution is -2.21. The van der Waals surface area contributed by atoms with Crippen LogP contribution in [0.15, 0.2) is 30.5 Å². The highest BCUT2D eigenvalue weighted by atomic mass is 16.5. The van der Waals surface area contributed by atoms with Gasteiger partial charge in [0.15, 0.2) is 0 Å². The van der Waals surface area contributed by atoms with Crippen LogP contribution in [0.3, 0.4) is 0 Å². The van der Waals surface area contributed by atoms with E-state index in [1.54, 1.807) is 10.9 Å². The second-order valence-electron chi connectivity index (χ2n) is 5.11. The largest absolute Gasteiger partial charge is 0.357 e. The number of rotatable bonds is 6. The van der Waals surface area contributed by atoms with E-state index >= 15 is 0 Å². The monoisotopic (exact) mass is 327 g/mol. The van der Waals surface area contributed by atoms with Gasteiger partial charge in [-0.25, -0.2) is 10.2 Å². The van der Waals surface area contributed by atoms with Crippen LogP contribution in [0, 0.1) is 0 Å². The maximum absolute atomic E-state index is 10.9. The quantitative estimate of drug-likeness (QED) is 0.414. The molecule has 2 heterocycles. The van der Waals surface area contributed by atoms with Crippen molar-refractivity contribution in [3.05, 3.63) is 52.4 Å². The lowest BCUT2D eigenvalue weighted by Gasteiger charge is -1.95. The molecule has 0 atom stereocenters. The molecule has 0 aliphatic carbocycles. The number of carbonyl (C=O) groups is 1. The zero-order valence-corrected chi connectivity index (χ0v) is 13.7. The molecule has 2 rings (SSSR count). The van der Waals surface area contributed by atoms with Crippen LogP contribution in [0.25, 0.3) is 18.2 Å². The number of amides is 1. The van der Waals surface area contributed by atoms with E-state index in [-0.39, 0.29) is 0 Å². The van der Waals surface area contributed by atoms with E-state index in [0.29, 0.717) is 12.2 Å². The number of allylic oxidation sites excluding steroid dienone is 2. The molecule has 0 saturated carbocycles. The second-order valence-corrected chi connectivity index (χ2v) is 5.11. The molecular weight excluding hydrogens is 306 g/mol. The smallest absolute Gasteiger partial charge is 0.267 e. The van der Waals surface area contributed by atoms with Gasteiger partial charge in [0.1, 0.15) is 5.69 Å². The molecule has 0 saturated heterocycles. The number of nitrogens with one attached hydrogen (secondary N) is 2. The Morgan fingerprint density at radius 2 is 2.33 bits per heavy atom. The van der Waals surface area contributed by atoms with Gasteiger partial charge < -0.3 is 4.98 Å². The summed E-state index contributed by atoms with van der Waals surface area (Å²) in [4.78, 5) is 14.3. The Morgan fingerprint density at radius 1 is 1.50 bits per heavy atom. The molecule has 0 aromatic carbocycles. The third kappa shape index (κ3) is 4.79. The maximum atomic E-state index is 10.9. The Hall–Kier alpha value is -2.93. The lowest BCUT2D eigenvalue weighted by molar-refractivity contribution is -0.124. The average Bonchev–Trinajstić information content (AvgIpc) is 3.19. The summed E-state index contributed by atoms with van der Waals surface area (Å²) in [5, 5.41) is 18.6. The van der Waals surface area contributed by atoms with Crippen molar-refractivity contribution in [2.24, 2.45) is 0 Å². The summed E-state index contributed by atoms with van der Waals surface area (Å²) in [6.07, 6.45) is 13.6. The summed E-state index contributed by atoms with van der Waals surface area (Å²) in [6.45, 7) is 4.63. The third-order valence-electron chi connectivity index (χ3n) is 3.28. The standard InChI is InChI=1S/C17H21N5O2/c1-3-5-6-7-13-10-15(18-16(13)4-2)12-22-11-14(19-21-22)8-9-17(23)20-24/h4-11,18,24H,3,12H2,1-2H3,(H,20,23). The Kier molecular flexibility index (Phi) is 6.27. The van der Waals surface area contributed by atoms with Crippen LogP contribution in [0.5, 0.6) is 0 Å². The van der Waals surface area contributed by atoms with Crippen molar-refractivity contribution in [3.8, 4) is 0 Å². The molecule has 0 spiro atoms. The summed E-state index contributed by atoms with van der Waals surface area (Å²) in [5.41, 5.74) is 3.06. The van der Waals surface area contributed by atoms with Crippen molar-refractivity contribution in [2.75, 3.05) is 0 Å². The maximum Gasteiger partial charge on any atom is 0.267 e. The highest BCUT2D eigenvalue weighted by molar-refractivity contribution is 5.90. The van der Waals surface area contributed by atoms with Crippen molar-refractivity contribution >= 4 is 24.1 Å². The van der Waals surface area contributed by atoms with E-state index in [4.69, 9.17) is 5.21 Å². The Bertz CT molecular complexity index is 858. The van der Waals surface area contributed by atoms with Gasteiger partial charge in [0.2, 0.25) is 0 Å². The first-order valence-corrected chi connectivity index (χ1v) is 7.69. The van der Waals surface area contributed by atoms with Crippen molar-refractivity contribution < 1.29 is 10.0 Å². The highest BCUT2D eigenvalue weighted by Gasteiger charge is 2.02. The summed E-state index contributed by atoms with van der Waals surface area (Å²) in [5.74, 6) is -0.614. The van der Waals surface area contributed by atoms with E-state index in [9.17, 15) is 4.79 Å². The minimum absolute atomic E-state index is 0.532. The zero-order valence-electron chi connectivity index (χ0n) is 13.7. The van der Waals surface area contributed by atoms with Crippen molar-refractivity contribution in [1.82, 2.24) is 25.5 Å². The molecule has 3 N–H and O–H groups in total. The van der Waals surface area contributed by atoms with Crippen LogP contribution in [-0.2, 0) is 11.3 Å².